The zero-order chi connectivity index (χ0) is 14.8. The van der Waals surface area contributed by atoms with Gasteiger partial charge in [0.1, 0.15) is 9.90 Å². The number of anilines is 1. The van der Waals surface area contributed by atoms with Crippen LogP contribution in [0, 0.1) is 0 Å². The second kappa shape index (κ2) is 6.11. The molecule has 0 saturated carbocycles. The van der Waals surface area contributed by atoms with E-state index in [1.165, 1.54) is 6.07 Å². The van der Waals surface area contributed by atoms with Crippen molar-refractivity contribution in [2.24, 2.45) is 0 Å². The van der Waals surface area contributed by atoms with Gasteiger partial charge >= 0.3 is 0 Å². The van der Waals surface area contributed by atoms with E-state index in [1.54, 1.807) is 24.4 Å². The Balaban J connectivity index is 2.30. The van der Waals surface area contributed by atoms with E-state index in [9.17, 15) is 8.42 Å². The van der Waals surface area contributed by atoms with Gasteiger partial charge in [-0.2, -0.15) is 0 Å². The summed E-state index contributed by atoms with van der Waals surface area (Å²) in [6, 6.07) is 6.49. The number of thiophene rings is 1. The first kappa shape index (κ1) is 15.3. The largest absolute Gasteiger partial charge is 0.473 e. The average Bonchev–Trinajstić information content (AvgIpc) is 2.78. The van der Waals surface area contributed by atoms with Crippen molar-refractivity contribution in [3.8, 4) is 5.88 Å². The SMILES string of the molecule is CC(C)Oc1ncccc1NS(=O)(=O)c1ccc(Br)s1. The van der Waals surface area contributed by atoms with Crippen LogP contribution in [0.3, 0.4) is 0 Å². The highest BCUT2D eigenvalue weighted by molar-refractivity contribution is 9.11. The van der Waals surface area contributed by atoms with Crippen LogP contribution in [0.15, 0.2) is 38.5 Å². The molecule has 2 aromatic heterocycles. The lowest BCUT2D eigenvalue weighted by molar-refractivity contribution is 0.234. The molecule has 0 amide bonds. The average molecular weight is 377 g/mol. The Labute approximate surface area is 130 Å². The summed E-state index contributed by atoms with van der Waals surface area (Å²) in [5.41, 5.74) is 0.325. The maximum absolute atomic E-state index is 12.2. The highest BCUT2D eigenvalue weighted by atomic mass is 79.9. The van der Waals surface area contributed by atoms with Crippen molar-refractivity contribution < 1.29 is 13.2 Å². The summed E-state index contributed by atoms with van der Waals surface area (Å²) in [4.78, 5) is 4.05. The number of sulfonamides is 1. The molecule has 20 heavy (non-hydrogen) atoms. The van der Waals surface area contributed by atoms with Crippen LogP contribution in [0.1, 0.15) is 13.8 Å². The first-order chi connectivity index (χ1) is 9.38. The standard InChI is InChI=1S/C12H13BrN2O3S2/c1-8(2)18-12-9(4-3-7-14-12)15-20(16,17)11-6-5-10(13)19-11/h3-8,15H,1-2H3. The van der Waals surface area contributed by atoms with E-state index in [0.29, 0.717) is 5.69 Å². The maximum Gasteiger partial charge on any atom is 0.271 e. The minimum absolute atomic E-state index is 0.0935. The molecule has 8 heteroatoms. The van der Waals surface area contributed by atoms with Gasteiger partial charge in [-0.25, -0.2) is 13.4 Å². The number of halogens is 1. The van der Waals surface area contributed by atoms with Crippen LogP contribution in [0.25, 0.3) is 0 Å². The number of rotatable bonds is 5. The van der Waals surface area contributed by atoms with Crippen LogP contribution in [0.5, 0.6) is 5.88 Å². The first-order valence-electron chi connectivity index (χ1n) is 5.78. The molecule has 5 nitrogen and oxygen atoms in total. The van der Waals surface area contributed by atoms with E-state index < -0.39 is 10.0 Å². The predicted molar refractivity (Wildman–Crippen MR) is 82.8 cm³/mol. The number of nitrogens with zero attached hydrogens (tertiary/aromatic N) is 1. The van der Waals surface area contributed by atoms with Gasteiger partial charge in [-0.05, 0) is 54.0 Å². The molecule has 2 aromatic rings. The molecule has 0 aliphatic rings. The molecule has 0 unspecified atom stereocenters. The molecule has 0 radical (unpaired) electrons. The molecule has 2 rings (SSSR count). The molecular formula is C12H13BrN2O3S2. The minimum atomic E-state index is -3.63. The summed E-state index contributed by atoms with van der Waals surface area (Å²) in [6.07, 6.45) is 1.46. The Kier molecular flexibility index (Phi) is 4.66. The fraction of sp³-hybridized carbons (Fsp3) is 0.250. The van der Waals surface area contributed by atoms with Crippen LogP contribution in [-0.4, -0.2) is 19.5 Å². The van der Waals surface area contributed by atoms with Crippen LogP contribution in [0.2, 0.25) is 0 Å². The first-order valence-corrected chi connectivity index (χ1v) is 8.87. The lowest BCUT2D eigenvalue weighted by Gasteiger charge is -2.13. The lowest BCUT2D eigenvalue weighted by Crippen LogP contribution is -2.15. The van der Waals surface area contributed by atoms with Crippen molar-refractivity contribution in [1.82, 2.24) is 4.98 Å². The molecule has 0 atom stereocenters. The van der Waals surface area contributed by atoms with Crippen LogP contribution >= 0.6 is 27.3 Å². The third kappa shape index (κ3) is 3.71. The zero-order valence-electron chi connectivity index (χ0n) is 10.8. The van der Waals surface area contributed by atoms with Crippen LogP contribution in [0.4, 0.5) is 5.69 Å². The molecule has 0 saturated heterocycles. The number of pyridine rings is 1. The lowest BCUT2D eigenvalue weighted by atomic mass is 10.4. The van der Waals surface area contributed by atoms with Crippen molar-refractivity contribution in [1.29, 1.82) is 0 Å². The zero-order valence-corrected chi connectivity index (χ0v) is 14.0. The summed E-state index contributed by atoms with van der Waals surface area (Å²) in [5, 5.41) is 0. The van der Waals surface area contributed by atoms with Gasteiger partial charge in [-0.15, -0.1) is 11.3 Å². The van der Waals surface area contributed by atoms with Gasteiger partial charge in [0.25, 0.3) is 10.0 Å². The third-order valence-corrected chi connectivity index (χ3v) is 5.66. The summed E-state index contributed by atoms with van der Waals surface area (Å²) in [7, 11) is -3.63. The van der Waals surface area contributed by atoms with Gasteiger partial charge in [-0.1, -0.05) is 0 Å². The molecule has 0 fully saturated rings. The Morgan fingerprint density at radius 2 is 2.10 bits per heavy atom. The Morgan fingerprint density at radius 3 is 2.70 bits per heavy atom. The quantitative estimate of drug-likeness (QED) is 0.866. The number of nitrogens with one attached hydrogen (secondary N) is 1. The van der Waals surface area contributed by atoms with Gasteiger partial charge in [0.15, 0.2) is 0 Å². The van der Waals surface area contributed by atoms with E-state index >= 15 is 0 Å². The Hall–Kier alpha value is -1.12. The molecule has 0 aliphatic heterocycles. The molecule has 0 aliphatic carbocycles. The normalized spacial score (nSPS) is 11.6. The molecule has 0 spiro atoms. The van der Waals surface area contributed by atoms with Crippen molar-refractivity contribution >= 4 is 43.0 Å². The smallest absolute Gasteiger partial charge is 0.271 e. The van der Waals surface area contributed by atoms with Gasteiger partial charge in [0.2, 0.25) is 5.88 Å². The Morgan fingerprint density at radius 1 is 1.35 bits per heavy atom. The summed E-state index contributed by atoms with van der Waals surface area (Å²) in [5.74, 6) is 0.265. The fourth-order valence-electron chi connectivity index (χ4n) is 1.42. The number of ether oxygens (including phenoxy) is 1. The van der Waals surface area contributed by atoms with Gasteiger partial charge in [-0.3, -0.25) is 4.72 Å². The molecule has 0 aromatic carbocycles. The van der Waals surface area contributed by atoms with E-state index in [1.807, 2.05) is 13.8 Å². The number of hydrogen-bond donors (Lipinski definition) is 1. The number of aromatic nitrogens is 1. The third-order valence-electron chi connectivity index (χ3n) is 2.18. The van der Waals surface area contributed by atoms with Crippen molar-refractivity contribution in [3.05, 3.63) is 34.2 Å². The van der Waals surface area contributed by atoms with Crippen molar-refractivity contribution in [2.75, 3.05) is 4.72 Å². The van der Waals surface area contributed by atoms with Gasteiger partial charge < -0.3 is 4.74 Å². The van der Waals surface area contributed by atoms with Crippen molar-refractivity contribution in [3.63, 3.8) is 0 Å². The van der Waals surface area contributed by atoms with E-state index in [0.717, 1.165) is 15.1 Å². The van der Waals surface area contributed by atoms with Gasteiger partial charge in [0, 0.05) is 6.20 Å². The maximum atomic E-state index is 12.2. The van der Waals surface area contributed by atoms with E-state index in [2.05, 4.69) is 25.6 Å². The fourth-order valence-corrected chi connectivity index (χ4v) is 4.49. The molecular weight excluding hydrogens is 364 g/mol. The van der Waals surface area contributed by atoms with E-state index in [4.69, 9.17) is 4.74 Å². The minimum Gasteiger partial charge on any atom is -0.473 e. The van der Waals surface area contributed by atoms with Crippen LogP contribution in [-0.2, 0) is 10.0 Å². The summed E-state index contributed by atoms with van der Waals surface area (Å²) < 4.78 is 33.5. The summed E-state index contributed by atoms with van der Waals surface area (Å²) >= 11 is 4.39. The molecule has 108 valence electrons. The highest BCUT2D eigenvalue weighted by Gasteiger charge is 2.19. The second-order valence-corrected chi connectivity index (χ2v) is 8.56. The van der Waals surface area contributed by atoms with Crippen molar-refractivity contribution in [2.45, 2.75) is 24.2 Å². The predicted octanol–water partition coefficient (Wildman–Crippen LogP) is 3.49. The number of hydrogen-bond acceptors (Lipinski definition) is 5. The summed E-state index contributed by atoms with van der Waals surface area (Å²) in [6.45, 7) is 3.70. The van der Waals surface area contributed by atoms with Gasteiger partial charge in [0.05, 0.1) is 9.89 Å². The molecule has 0 bridgehead atoms. The highest BCUT2D eigenvalue weighted by Crippen LogP contribution is 2.30. The Bertz CT molecular complexity index is 698. The van der Waals surface area contributed by atoms with E-state index in [-0.39, 0.29) is 16.2 Å². The topological polar surface area (TPSA) is 68.3 Å². The second-order valence-electron chi connectivity index (χ2n) is 4.19. The molecule has 2 heterocycles. The monoisotopic (exact) mass is 376 g/mol. The molecule has 1 N–H and O–H groups in total. The van der Waals surface area contributed by atoms with Crippen LogP contribution < -0.4 is 9.46 Å².